The number of nitrogens with zero attached hydrogens (tertiary/aromatic N) is 4. The molecule has 0 aliphatic carbocycles. The Labute approximate surface area is 161 Å². The van der Waals surface area contributed by atoms with Crippen LogP contribution in [-0.4, -0.2) is 14.8 Å². The third kappa shape index (κ3) is 2.26. The molecule has 5 heteroatoms. The fourth-order valence-corrected chi connectivity index (χ4v) is 4.11. The molecule has 0 atom stereocenters. The van der Waals surface area contributed by atoms with Crippen LogP contribution in [0.1, 0.15) is 11.1 Å². The van der Waals surface area contributed by atoms with Crippen molar-refractivity contribution >= 4 is 28.0 Å². The molecule has 0 saturated heterocycles. The lowest BCUT2D eigenvalue weighted by Gasteiger charge is -2.10. The first kappa shape index (κ1) is 15.5. The molecule has 1 aliphatic heterocycles. The first-order valence-electron chi connectivity index (χ1n) is 9.40. The van der Waals surface area contributed by atoms with E-state index in [1.165, 1.54) is 11.1 Å². The predicted octanol–water partition coefficient (Wildman–Crippen LogP) is 4.90. The molecule has 3 aromatic carbocycles. The summed E-state index contributed by atoms with van der Waals surface area (Å²) in [7, 11) is 1.96. The number of oxazole rings is 1. The van der Waals surface area contributed by atoms with Crippen LogP contribution in [0.3, 0.4) is 0 Å². The summed E-state index contributed by atoms with van der Waals surface area (Å²) in [6.07, 6.45) is 1.92. The Balaban J connectivity index is 1.41. The molecule has 28 heavy (non-hydrogen) atoms. The molecule has 5 nitrogen and oxygen atoms in total. The second-order valence-electron chi connectivity index (χ2n) is 7.31. The van der Waals surface area contributed by atoms with Gasteiger partial charge in [-0.3, -0.25) is 4.68 Å². The summed E-state index contributed by atoms with van der Waals surface area (Å²) in [6, 6.07) is 21.7. The summed E-state index contributed by atoms with van der Waals surface area (Å²) in [6.45, 7) is 1.68. The van der Waals surface area contributed by atoms with Crippen molar-refractivity contribution in [2.24, 2.45) is 7.05 Å². The Hall–Kier alpha value is -3.60. The lowest BCUT2D eigenvalue weighted by molar-refractivity contribution is 0.573. The third-order valence-corrected chi connectivity index (χ3v) is 5.59. The lowest BCUT2D eigenvalue weighted by atomic mass is 10.0. The number of hydrogen-bond acceptors (Lipinski definition) is 4. The van der Waals surface area contributed by atoms with Crippen LogP contribution in [-0.2, 0) is 20.1 Å². The van der Waals surface area contributed by atoms with Gasteiger partial charge in [0.1, 0.15) is 5.52 Å². The molecule has 0 radical (unpaired) electrons. The van der Waals surface area contributed by atoms with Crippen molar-refractivity contribution in [3.8, 4) is 11.1 Å². The number of aromatic nitrogens is 3. The maximum absolute atomic E-state index is 6.16. The average Bonchev–Trinajstić information content (AvgIpc) is 3.43. The van der Waals surface area contributed by atoms with Crippen molar-refractivity contribution in [1.82, 2.24) is 14.8 Å². The fourth-order valence-electron chi connectivity index (χ4n) is 4.11. The number of rotatable bonds is 2. The predicted molar refractivity (Wildman–Crippen MR) is 110 cm³/mol. The van der Waals surface area contributed by atoms with Gasteiger partial charge in [0.15, 0.2) is 5.58 Å². The standard InChI is InChI=1S/C23H18N4O/c1-26-21-8-4-7-18(19(21)12-24-26)15-9-10-20-22(11-15)28-23(25-20)27-13-16-5-2-3-6-17(16)14-27/h2-12H,13-14H2,1H3. The molecule has 0 bridgehead atoms. The third-order valence-electron chi connectivity index (χ3n) is 5.59. The van der Waals surface area contributed by atoms with Crippen LogP contribution in [0, 0.1) is 0 Å². The Bertz CT molecular complexity index is 1320. The van der Waals surface area contributed by atoms with Crippen LogP contribution in [0.15, 0.2) is 71.3 Å². The van der Waals surface area contributed by atoms with Crippen LogP contribution in [0.2, 0.25) is 0 Å². The molecule has 0 spiro atoms. The summed E-state index contributed by atoms with van der Waals surface area (Å²) < 4.78 is 8.05. The zero-order valence-corrected chi connectivity index (χ0v) is 15.5. The topological polar surface area (TPSA) is 47.1 Å². The van der Waals surface area contributed by atoms with Gasteiger partial charge < -0.3 is 9.32 Å². The molecular weight excluding hydrogens is 348 g/mol. The molecule has 2 aromatic heterocycles. The van der Waals surface area contributed by atoms with Gasteiger partial charge in [-0.05, 0) is 40.5 Å². The van der Waals surface area contributed by atoms with E-state index >= 15 is 0 Å². The number of fused-ring (bicyclic) bond motifs is 3. The van der Waals surface area contributed by atoms with E-state index in [0.29, 0.717) is 6.01 Å². The van der Waals surface area contributed by atoms with Crippen molar-refractivity contribution in [3.05, 3.63) is 78.0 Å². The quantitative estimate of drug-likeness (QED) is 0.446. The van der Waals surface area contributed by atoms with Crippen LogP contribution in [0.5, 0.6) is 0 Å². The SMILES string of the molecule is Cn1ncc2c(-c3ccc4nc(N5Cc6ccccc6C5)oc4c3)cccc21. The highest BCUT2D eigenvalue weighted by atomic mass is 16.4. The van der Waals surface area contributed by atoms with Gasteiger partial charge in [0.05, 0.1) is 11.7 Å². The van der Waals surface area contributed by atoms with Gasteiger partial charge in [0.25, 0.3) is 6.01 Å². The molecular formula is C23H18N4O. The largest absolute Gasteiger partial charge is 0.423 e. The van der Waals surface area contributed by atoms with E-state index in [1.807, 2.05) is 24.0 Å². The first-order chi connectivity index (χ1) is 13.8. The maximum Gasteiger partial charge on any atom is 0.298 e. The molecule has 0 amide bonds. The monoisotopic (exact) mass is 366 g/mol. The number of anilines is 1. The van der Waals surface area contributed by atoms with E-state index in [-0.39, 0.29) is 0 Å². The minimum absolute atomic E-state index is 0.683. The van der Waals surface area contributed by atoms with Gasteiger partial charge in [0.2, 0.25) is 0 Å². The molecule has 3 heterocycles. The Morgan fingerprint density at radius 3 is 2.57 bits per heavy atom. The fraction of sp³-hybridized carbons (Fsp3) is 0.130. The smallest absolute Gasteiger partial charge is 0.298 e. The van der Waals surface area contributed by atoms with E-state index in [4.69, 9.17) is 9.40 Å². The summed E-state index contributed by atoms with van der Waals surface area (Å²) in [5.74, 6) is 0. The highest BCUT2D eigenvalue weighted by molar-refractivity contribution is 5.96. The summed E-state index contributed by atoms with van der Waals surface area (Å²) >= 11 is 0. The maximum atomic E-state index is 6.16. The van der Waals surface area contributed by atoms with Gasteiger partial charge in [-0.25, -0.2) is 0 Å². The zero-order chi connectivity index (χ0) is 18.7. The number of benzene rings is 3. The van der Waals surface area contributed by atoms with E-state index in [2.05, 4.69) is 64.6 Å². The molecule has 0 unspecified atom stereocenters. The van der Waals surface area contributed by atoms with Crippen molar-refractivity contribution in [1.29, 1.82) is 0 Å². The minimum atomic E-state index is 0.683. The molecule has 1 aliphatic rings. The summed E-state index contributed by atoms with van der Waals surface area (Å²) in [5.41, 5.74) is 7.75. The van der Waals surface area contributed by atoms with Crippen LogP contribution >= 0.6 is 0 Å². The molecule has 136 valence electrons. The Kier molecular flexibility index (Phi) is 3.14. The van der Waals surface area contributed by atoms with E-state index in [1.54, 1.807) is 0 Å². The summed E-state index contributed by atoms with van der Waals surface area (Å²) in [5, 5.41) is 5.53. The Morgan fingerprint density at radius 2 is 1.75 bits per heavy atom. The van der Waals surface area contributed by atoms with E-state index < -0.39 is 0 Å². The van der Waals surface area contributed by atoms with Crippen LogP contribution in [0.4, 0.5) is 6.01 Å². The lowest BCUT2D eigenvalue weighted by Crippen LogP contribution is -2.14. The molecule has 6 rings (SSSR count). The van der Waals surface area contributed by atoms with Gasteiger partial charge in [-0.2, -0.15) is 10.1 Å². The van der Waals surface area contributed by atoms with Crippen molar-refractivity contribution in [2.75, 3.05) is 4.90 Å². The van der Waals surface area contributed by atoms with Gasteiger partial charge in [0, 0.05) is 25.5 Å². The number of hydrogen-bond donors (Lipinski definition) is 0. The van der Waals surface area contributed by atoms with Crippen molar-refractivity contribution < 1.29 is 4.42 Å². The first-order valence-corrected chi connectivity index (χ1v) is 9.40. The van der Waals surface area contributed by atoms with Gasteiger partial charge in [-0.15, -0.1) is 0 Å². The zero-order valence-electron chi connectivity index (χ0n) is 15.5. The molecule has 5 aromatic rings. The average molecular weight is 366 g/mol. The second-order valence-corrected chi connectivity index (χ2v) is 7.31. The normalized spacial score (nSPS) is 13.5. The van der Waals surface area contributed by atoms with Gasteiger partial charge in [-0.1, -0.05) is 42.5 Å². The van der Waals surface area contributed by atoms with Crippen LogP contribution < -0.4 is 4.90 Å². The molecule has 0 fully saturated rings. The van der Waals surface area contributed by atoms with Gasteiger partial charge >= 0.3 is 0 Å². The van der Waals surface area contributed by atoms with Crippen molar-refractivity contribution in [3.63, 3.8) is 0 Å². The highest BCUT2D eigenvalue weighted by Crippen LogP contribution is 2.34. The number of aryl methyl sites for hydroxylation is 1. The highest BCUT2D eigenvalue weighted by Gasteiger charge is 2.23. The van der Waals surface area contributed by atoms with Crippen molar-refractivity contribution in [2.45, 2.75) is 13.1 Å². The minimum Gasteiger partial charge on any atom is -0.423 e. The van der Waals surface area contributed by atoms with Crippen LogP contribution in [0.25, 0.3) is 33.1 Å². The van der Waals surface area contributed by atoms with E-state index in [9.17, 15) is 0 Å². The summed E-state index contributed by atoms with van der Waals surface area (Å²) in [4.78, 5) is 6.91. The molecule has 0 N–H and O–H groups in total. The Morgan fingerprint density at radius 1 is 0.929 bits per heavy atom. The second kappa shape index (κ2) is 5.70. The molecule has 0 saturated carbocycles. The van der Waals surface area contributed by atoms with E-state index in [0.717, 1.165) is 46.2 Å².